The Morgan fingerprint density at radius 3 is 2.64 bits per heavy atom. The van der Waals surface area contributed by atoms with Crippen molar-refractivity contribution in [3.63, 3.8) is 0 Å². The molecule has 1 aromatic carbocycles. The first kappa shape index (κ1) is 20.6. The van der Waals surface area contributed by atoms with Crippen LogP contribution in [-0.2, 0) is 4.74 Å². The van der Waals surface area contributed by atoms with E-state index < -0.39 is 0 Å². The zero-order valence-electron chi connectivity index (χ0n) is 17.1. The normalized spacial score (nSPS) is 22.1. The molecule has 2 aliphatic rings. The number of anilines is 1. The molecule has 1 aromatic rings. The van der Waals surface area contributed by atoms with E-state index >= 15 is 0 Å². The van der Waals surface area contributed by atoms with Gasteiger partial charge in [0.25, 0.3) is 5.91 Å². The van der Waals surface area contributed by atoms with E-state index in [1.54, 1.807) is 6.07 Å². The number of hydrogen-bond donors (Lipinski definition) is 2. The van der Waals surface area contributed by atoms with Crippen LogP contribution in [0.25, 0.3) is 0 Å². The smallest absolute Gasteiger partial charge is 0.319 e. The monoisotopic (exact) mass is 387 g/mol. The van der Waals surface area contributed by atoms with Crippen LogP contribution in [0.2, 0.25) is 0 Å². The molecule has 0 bridgehead atoms. The Balaban J connectivity index is 1.51. The third-order valence-electron chi connectivity index (χ3n) is 5.88. The Morgan fingerprint density at radius 2 is 1.89 bits per heavy atom. The van der Waals surface area contributed by atoms with Crippen LogP contribution < -0.4 is 10.6 Å². The van der Waals surface area contributed by atoms with Gasteiger partial charge in [-0.15, -0.1) is 0 Å². The maximum absolute atomic E-state index is 12.9. The minimum Gasteiger partial charge on any atom is -0.376 e. The molecule has 0 unspecified atom stereocenters. The van der Waals surface area contributed by atoms with Crippen molar-refractivity contribution in [1.82, 2.24) is 10.2 Å². The van der Waals surface area contributed by atoms with Gasteiger partial charge in [-0.05, 0) is 50.2 Å². The number of rotatable bonds is 6. The number of ether oxygens (including phenoxy) is 1. The van der Waals surface area contributed by atoms with Gasteiger partial charge in [0.15, 0.2) is 0 Å². The maximum Gasteiger partial charge on any atom is 0.319 e. The summed E-state index contributed by atoms with van der Waals surface area (Å²) in [6.45, 7) is 6.68. The van der Waals surface area contributed by atoms with Crippen molar-refractivity contribution >= 4 is 17.6 Å². The summed E-state index contributed by atoms with van der Waals surface area (Å²) < 4.78 is 5.94. The standard InChI is InChI=1S/C22H33N3O3/c1-16-8-3-4-11-19(16)28-15-12-23-22(27)24-18-10-7-9-17(2)20(18)21(26)25-13-5-6-14-25/h7,9-10,16,19H,3-6,8,11-15H2,1-2H3,(H2,23,24,27)/t16-,19+/m0/s1. The number of nitrogens with one attached hydrogen (secondary N) is 2. The number of benzene rings is 1. The SMILES string of the molecule is Cc1cccc(NC(=O)NCCO[C@@H]2CCCC[C@@H]2C)c1C(=O)N1CCCC1. The van der Waals surface area contributed by atoms with Crippen LogP contribution in [0.4, 0.5) is 10.5 Å². The zero-order chi connectivity index (χ0) is 19.9. The van der Waals surface area contributed by atoms with Gasteiger partial charge in [0.1, 0.15) is 0 Å². The Labute approximate surface area is 168 Å². The van der Waals surface area contributed by atoms with Crippen molar-refractivity contribution in [3.05, 3.63) is 29.3 Å². The minimum absolute atomic E-state index is 0.000481. The van der Waals surface area contributed by atoms with Crippen LogP contribution >= 0.6 is 0 Å². The highest BCUT2D eigenvalue weighted by molar-refractivity contribution is 6.04. The highest BCUT2D eigenvalue weighted by Gasteiger charge is 2.24. The van der Waals surface area contributed by atoms with Gasteiger partial charge in [0.05, 0.1) is 24.0 Å². The fourth-order valence-corrected chi connectivity index (χ4v) is 4.21. The summed E-state index contributed by atoms with van der Waals surface area (Å²) in [4.78, 5) is 27.1. The fraction of sp³-hybridized carbons (Fsp3) is 0.636. The quantitative estimate of drug-likeness (QED) is 0.726. The van der Waals surface area contributed by atoms with E-state index in [2.05, 4.69) is 17.6 Å². The lowest BCUT2D eigenvalue weighted by Crippen LogP contribution is -2.35. The van der Waals surface area contributed by atoms with E-state index in [4.69, 9.17) is 4.74 Å². The lowest BCUT2D eigenvalue weighted by molar-refractivity contribution is -0.00232. The molecule has 3 amide bonds. The largest absolute Gasteiger partial charge is 0.376 e. The summed E-state index contributed by atoms with van der Waals surface area (Å²) in [7, 11) is 0. The number of urea groups is 1. The molecule has 1 heterocycles. The van der Waals surface area contributed by atoms with Crippen LogP contribution in [-0.4, -0.2) is 49.2 Å². The van der Waals surface area contributed by atoms with Gasteiger partial charge in [-0.2, -0.15) is 0 Å². The molecule has 3 rings (SSSR count). The number of aryl methyl sites for hydroxylation is 1. The van der Waals surface area contributed by atoms with Crippen LogP contribution in [0, 0.1) is 12.8 Å². The summed E-state index contributed by atoms with van der Waals surface area (Å²) in [6, 6.07) is 5.25. The second-order valence-corrected chi connectivity index (χ2v) is 8.05. The van der Waals surface area contributed by atoms with Crippen LogP contribution in [0.15, 0.2) is 18.2 Å². The van der Waals surface area contributed by atoms with E-state index in [1.807, 2.05) is 24.0 Å². The number of carbonyl (C=O) groups excluding carboxylic acids is 2. The van der Waals surface area contributed by atoms with Crippen LogP contribution in [0.3, 0.4) is 0 Å². The van der Waals surface area contributed by atoms with E-state index in [9.17, 15) is 9.59 Å². The van der Waals surface area contributed by atoms with Gasteiger partial charge in [0.2, 0.25) is 0 Å². The Kier molecular flexibility index (Phi) is 7.31. The molecule has 0 aromatic heterocycles. The molecule has 1 saturated carbocycles. The number of likely N-dealkylation sites (tertiary alicyclic amines) is 1. The fourth-order valence-electron chi connectivity index (χ4n) is 4.21. The first-order valence-corrected chi connectivity index (χ1v) is 10.6. The molecule has 2 atom stereocenters. The average Bonchev–Trinajstić information content (AvgIpc) is 3.21. The molecule has 1 aliphatic carbocycles. The van der Waals surface area contributed by atoms with Gasteiger partial charge in [-0.25, -0.2) is 4.79 Å². The van der Waals surface area contributed by atoms with Crippen molar-refractivity contribution in [3.8, 4) is 0 Å². The molecule has 6 heteroatoms. The summed E-state index contributed by atoms with van der Waals surface area (Å²) in [5.41, 5.74) is 2.03. The molecule has 154 valence electrons. The second-order valence-electron chi connectivity index (χ2n) is 8.05. The predicted molar refractivity (Wildman–Crippen MR) is 111 cm³/mol. The van der Waals surface area contributed by atoms with Crippen molar-refractivity contribution < 1.29 is 14.3 Å². The van der Waals surface area contributed by atoms with Gasteiger partial charge in [-0.3, -0.25) is 4.79 Å². The average molecular weight is 388 g/mol. The lowest BCUT2D eigenvalue weighted by Gasteiger charge is -2.28. The topological polar surface area (TPSA) is 70.7 Å². The van der Waals surface area contributed by atoms with Crippen LogP contribution in [0.1, 0.15) is 61.4 Å². The highest BCUT2D eigenvalue weighted by Crippen LogP contribution is 2.26. The molecular formula is C22H33N3O3. The van der Waals surface area contributed by atoms with E-state index in [1.165, 1.54) is 19.3 Å². The Hall–Kier alpha value is -2.08. The molecular weight excluding hydrogens is 354 g/mol. The van der Waals surface area contributed by atoms with Crippen molar-refractivity contribution in [1.29, 1.82) is 0 Å². The van der Waals surface area contributed by atoms with Crippen molar-refractivity contribution in [2.75, 3.05) is 31.6 Å². The summed E-state index contributed by atoms with van der Waals surface area (Å²) >= 11 is 0. The van der Waals surface area contributed by atoms with E-state index in [0.29, 0.717) is 36.4 Å². The molecule has 2 N–H and O–H groups in total. The molecule has 6 nitrogen and oxygen atoms in total. The zero-order valence-corrected chi connectivity index (χ0v) is 17.1. The first-order valence-electron chi connectivity index (χ1n) is 10.6. The predicted octanol–water partition coefficient (Wildman–Crippen LogP) is 3.95. The van der Waals surface area contributed by atoms with Crippen LogP contribution in [0.5, 0.6) is 0 Å². The van der Waals surface area contributed by atoms with Gasteiger partial charge in [0, 0.05) is 19.6 Å². The third kappa shape index (κ3) is 5.25. The van der Waals surface area contributed by atoms with Crippen molar-refractivity contribution in [2.24, 2.45) is 5.92 Å². The van der Waals surface area contributed by atoms with Gasteiger partial charge in [-0.1, -0.05) is 31.9 Å². The van der Waals surface area contributed by atoms with E-state index in [0.717, 1.165) is 37.9 Å². The minimum atomic E-state index is -0.304. The summed E-state index contributed by atoms with van der Waals surface area (Å²) in [5, 5.41) is 5.69. The molecule has 28 heavy (non-hydrogen) atoms. The second kappa shape index (κ2) is 9.92. The number of carbonyl (C=O) groups is 2. The van der Waals surface area contributed by atoms with E-state index in [-0.39, 0.29) is 11.9 Å². The molecule has 2 fully saturated rings. The lowest BCUT2D eigenvalue weighted by atomic mass is 9.88. The van der Waals surface area contributed by atoms with Gasteiger partial charge >= 0.3 is 6.03 Å². The first-order chi connectivity index (χ1) is 13.6. The Morgan fingerprint density at radius 1 is 1.14 bits per heavy atom. The Bertz CT molecular complexity index is 686. The highest BCUT2D eigenvalue weighted by atomic mass is 16.5. The maximum atomic E-state index is 12.9. The molecule has 0 radical (unpaired) electrons. The number of nitrogens with zero attached hydrogens (tertiary/aromatic N) is 1. The van der Waals surface area contributed by atoms with Crippen molar-refractivity contribution in [2.45, 2.75) is 58.5 Å². The summed E-state index contributed by atoms with van der Waals surface area (Å²) in [5.74, 6) is 0.592. The molecule has 0 spiro atoms. The summed E-state index contributed by atoms with van der Waals surface area (Å²) in [6.07, 6.45) is 7.24. The molecule has 1 aliphatic heterocycles. The van der Waals surface area contributed by atoms with Gasteiger partial charge < -0.3 is 20.3 Å². The number of hydrogen-bond acceptors (Lipinski definition) is 3. The molecule has 1 saturated heterocycles. The third-order valence-corrected chi connectivity index (χ3v) is 5.88. The number of amides is 3.